The number of carbonyl (C=O) groups excluding carboxylic acids is 1. The number of carbonyl (C=O) groups is 1. The summed E-state index contributed by atoms with van der Waals surface area (Å²) in [6.45, 7) is 2.82. The van der Waals surface area contributed by atoms with Crippen molar-refractivity contribution >= 4 is 5.91 Å². The van der Waals surface area contributed by atoms with Crippen LogP contribution >= 0.6 is 0 Å². The lowest BCUT2D eigenvalue weighted by Crippen LogP contribution is -2.30. The summed E-state index contributed by atoms with van der Waals surface area (Å²) in [6, 6.07) is 3.84. The van der Waals surface area contributed by atoms with Crippen molar-refractivity contribution in [3.05, 3.63) is 23.8 Å². The molecule has 1 aliphatic heterocycles. The molecule has 0 saturated carbocycles. The molecule has 0 aliphatic carbocycles. The number of aliphatic hydroxyl groups excluding tert-OH is 1. The molecule has 2 atom stereocenters. The number of aliphatic hydroxyl groups is 1. The summed E-state index contributed by atoms with van der Waals surface area (Å²) in [4.78, 5) is 13.8. The average molecular weight is 251 g/mol. The van der Waals surface area contributed by atoms with Gasteiger partial charge in [0.05, 0.1) is 6.10 Å². The fourth-order valence-corrected chi connectivity index (χ4v) is 2.27. The number of phenolic OH excluding ortho intramolecular Hbond substituents is 2. The second kappa shape index (κ2) is 4.86. The van der Waals surface area contributed by atoms with Crippen molar-refractivity contribution in [3.63, 3.8) is 0 Å². The molecule has 0 radical (unpaired) electrons. The number of hydrogen-bond donors (Lipinski definition) is 3. The van der Waals surface area contributed by atoms with Crippen LogP contribution in [0.5, 0.6) is 11.5 Å². The molecule has 0 aromatic heterocycles. The highest BCUT2D eigenvalue weighted by atomic mass is 16.3. The van der Waals surface area contributed by atoms with E-state index in [1.165, 1.54) is 18.2 Å². The molecule has 1 aliphatic rings. The Bertz CT molecular complexity index is 438. The van der Waals surface area contributed by atoms with E-state index in [-0.39, 0.29) is 28.9 Å². The Morgan fingerprint density at radius 2 is 1.94 bits per heavy atom. The van der Waals surface area contributed by atoms with Gasteiger partial charge in [0.1, 0.15) is 11.5 Å². The van der Waals surface area contributed by atoms with Crippen LogP contribution in [-0.2, 0) is 0 Å². The van der Waals surface area contributed by atoms with E-state index in [1.54, 1.807) is 11.8 Å². The van der Waals surface area contributed by atoms with Crippen LogP contribution in [0.1, 0.15) is 23.7 Å². The van der Waals surface area contributed by atoms with Gasteiger partial charge < -0.3 is 20.2 Å². The zero-order chi connectivity index (χ0) is 13.3. The maximum absolute atomic E-state index is 12.1. The smallest absolute Gasteiger partial charge is 0.254 e. The van der Waals surface area contributed by atoms with Crippen molar-refractivity contribution in [2.45, 2.75) is 19.4 Å². The number of hydrogen-bond acceptors (Lipinski definition) is 4. The van der Waals surface area contributed by atoms with Crippen LogP contribution in [0.15, 0.2) is 18.2 Å². The van der Waals surface area contributed by atoms with E-state index in [9.17, 15) is 20.1 Å². The van der Waals surface area contributed by atoms with Crippen molar-refractivity contribution in [3.8, 4) is 11.5 Å². The van der Waals surface area contributed by atoms with Crippen LogP contribution in [0.25, 0.3) is 0 Å². The van der Waals surface area contributed by atoms with Gasteiger partial charge in [0.25, 0.3) is 5.91 Å². The van der Waals surface area contributed by atoms with E-state index in [0.29, 0.717) is 13.1 Å². The van der Waals surface area contributed by atoms with Gasteiger partial charge >= 0.3 is 0 Å². The molecular weight excluding hydrogens is 234 g/mol. The fourth-order valence-electron chi connectivity index (χ4n) is 2.27. The first-order valence-electron chi connectivity index (χ1n) is 5.97. The molecular formula is C13H17NO4. The second-order valence-corrected chi connectivity index (χ2v) is 4.78. The highest BCUT2D eigenvalue weighted by Crippen LogP contribution is 2.25. The maximum atomic E-state index is 12.1. The zero-order valence-electron chi connectivity index (χ0n) is 10.2. The molecule has 1 saturated heterocycles. The third-order valence-corrected chi connectivity index (χ3v) is 3.34. The summed E-state index contributed by atoms with van der Waals surface area (Å²) < 4.78 is 0. The van der Waals surface area contributed by atoms with Gasteiger partial charge in [-0.3, -0.25) is 4.79 Å². The van der Waals surface area contributed by atoms with E-state index >= 15 is 0 Å². The summed E-state index contributed by atoms with van der Waals surface area (Å²) in [6.07, 6.45) is 0.342. The molecule has 98 valence electrons. The highest BCUT2D eigenvalue weighted by Gasteiger charge is 2.29. The molecule has 0 bridgehead atoms. The molecule has 1 amide bonds. The summed E-state index contributed by atoms with van der Waals surface area (Å²) in [5.74, 6) is -0.404. The Morgan fingerprint density at radius 3 is 2.44 bits per heavy atom. The molecule has 2 rings (SSSR count). The van der Waals surface area contributed by atoms with Crippen LogP contribution in [0, 0.1) is 5.92 Å². The third-order valence-electron chi connectivity index (χ3n) is 3.34. The lowest BCUT2D eigenvalue weighted by molar-refractivity contribution is 0.0761. The SMILES string of the molecule is CC(O)C1CCN(C(=O)c2cc(O)cc(O)c2)C1. The first-order chi connectivity index (χ1) is 8.47. The highest BCUT2D eigenvalue weighted by molar-refractivity contribution is 5.95. The van der Waals surface area contributed by atoms with Gasteiger partial charge in [0, 0.05) is 30.6 Å². The van der Waals surface area contributed by atoms with Crippen LogP contribution < -0.4 is 0 Å². The Hall–Kier alpha value is -1.75. The maximum Gasteiger partial charge on any atom is 0.254 e. The van der Waals surface area contributed by atoms with Crippen molar-refractivity contribution in [2.24, 2.45) is 5.92 Å². The van der Waals surface area contributed by atoms with Crippen LogP contribution in [0.2, 0.25) is 0 Å². The Labute approximate surface area is 105 Å². The minimum Gasteiger partial charge on any atom is -0.508 e. The van der Waals surface area contributed by atoms with Gasteiger partial charge in [0.2, 0.25) is 0 Å². The van der Waals surface area contributed by atoms with Gasteiger partial charge in [0.15, 0.2) is 0 Å². The molecule has 3 N–H and O–H groups in total. The number of nitrogens with zero attached hydrogens (tertiary/aromatic N) is 1. The number of aromatic hydroxyl groups is 2. The van der Waals surface area contributed by atoms with Gasteiger partial charge in [-0.1, -0.05) is 0 Å². The summed E-state index contributed by atoms with van der Waals surface area (Å²) in [5, 5.41) is 28.2. The molecule has 1 heterocycles. The summed E-state index contributed by atoms with van der Waals surface area (Å²) in [7, 11) is 0. The number of rotatable bonds is 2. The molecule has 18 heavy (non-hydrogen) atoms. The van der Waals surface area contributed by atoms with Crippen molar-refractivity contribution in [1.82, 2.24) is 4.90 Å². The number of phenols is 2. The van der Waals surface area contributed by atoms with Crippen molar-refractivity contribution in [2.75, 3.05) is 13.1 Å². The quantitative estimate of drug-likeness (QED) is 0.730. The van der Waals surface area contributed by atoms with Gasteiger partial charge in [-0.05, 0) is 25.5 Å². The first-order valence-corrected chi connectivity index (χ1v) is 5.97. The van der Waals surface area contributed by atoms with E-state index in [2.05, 4.69) is 0 Å². The standard InChI is InChI=1S/C13H17NO4/c1-8(15)9-2-3-14(7-9)13(18)10-4-11(16)6-12(17)5-10/h4-6,8-9,15-17H,2-3,7H2,1H3. The van der Waals surface area contributed by atoms with Crippen LogP contribution in [0.4, 0.5) is 0 Å². The van der Waals surface area contributed by atoms with Crippen molar-refractivity contribution in [1.29, 1.82) is 0 Å². The van der Waals surface area contributed by atoms with Crippen molar-refractivity contribution < 1.29 is 20.1 Å². The minimum atomic E-state index is -0.430. The second-order valence-electron chi connectivity index (χ2n) is 4.78. The normalized spacial score (nSPS) is 21.0. The topological polar surface area (TPSA) is 81.0 Å². The molecule has 1 aromatic rings. The van der Waals surface area contributed by atoms with Crippen LogP contribution in [-0.4, -0.2) is 45.3 Å². The number of likely N-dealkylation sites (tertiary alicyclic amines) is 1. The number of amides is 1. The molecule has 2 unspecified atom stereocenters. The number of benzene rings is 1. The van der Waals surface area contributed by atoms with E-state index in [1.807, 2.05) is 0 Å². The van der Waals surface area contributed by atoms with Gasteiger partial charge in [-0.2, -0.15) is 0 Å². The molecule has 1 aromatic carbocycles. The Balaban J connectivity index is 2.12. The summed E-state index contributed by atoms with van der Waals surface area (Å²) in [5.41, 5.74) is 0.263. The largest absolute Gasteiger partial charge is 0.508 e. The fraction of sp³-hybridized carbons (Fsp3) is 0.462. The predicted octanol–water partition coefficient (Wildman–Crippen LogP) is 0.941. The predicted molar refractivity (Wildman–Crippen MR) is 65.5 cm³/mol. The average Bonchev–Trinajstić information content (AvgIpc) is 2.75. The Morgan fingerprint density at radius 1 is 1.33 bits per heavy atom. The molecule has 1 fully saturated rings. The van der Waals surface area contributed by atoms with E-state index in [4.69, 9.17) is 0 Å². The lowest BCUT2D eigenvalue weighted by Gasteiger charge is -2.18. The Kier molecular flexibility index (Phi) is 3.43. The molecule has 5 nitrogen and oxygen atoms in total. The van der Waals surface area contributed by atoms with Crippen LogP contribution in [0.3, 0.4) is 0 Å². The lowest BCUT2D eigenvalue weighted by atomic mass is 10.0. The molecule has 0 spiro atoms. The van der Waals surface area contributed by atoms with Gasteiger partial charge in [-0.15, -0.1) is 0 Å². The molecule has 5 heteroatoms. The zero-order valence-corrected chi connectivity index (χ0v) is 10.2. The monoisotopic (exact) mass is 251 g/mol. The van der Waals surface area contributed by atoms with Gasteiger partial charge in [-0.25, -0.2) is 0 Å². The first kappa shape index (κ1) is 12.7. The third kappa shape index (κ3) is 2.56. The van der Waals surface area contributed by atoms with E-state index in [0.717, 1.165) is 6.42 Å². The minimum absolute atomic E-state index is 0.0971. The van der Waals surface area contributed by atoms with E-state index < -0.39 is 6.10 Å². The summed E-state index contributed by atoms with van der Waals surface area (Å²) >= 11 is 0.